The molecule has 7 heteroatoms. The molecule has 0 aromatic heterocycles. The van der Waals surface area contributed by atoms with E-state index in [0.29, 0.717) is 43.1 Å². The average Bonchev–Trinajstić information content (AvgIpc) is 3.08. The first-order valence-electron chi connectivity index (χ1n) is 10.5. The van der Waals surface area contributed by atoms with E-state index < -0.39 is 5.66 Å². The number of carbonyl (C=O) groups is 2. The van der Waals surface area contributed by atoms with E-state index in [4.69, 9.17) is 9.73 Å². The normalized spacial score (nSPS) is 17.9. The Morgan fingerprint density at radius 3 is 2.61 bits per heavy atom. The van der Waals surface area contributed by atoms with Crippen LogP contribution >= 0.6 is 0 Å². The maximum absolute atomic E-state index is 12.6. The van der Waals surface area contributed by atoms with E-state index in [1.165, 1.54) is 5.56 Å². The molecule has 0 bridgehead atoms. The van der Waals surface area contributed by atoms with Crippen molar-refractivity contribution in [3.8, 4) is 5.75 Å². The third kappa shape index (κ3) is 4.46. The molecule has 1 fully saturated rings. The fourth-order valence-corrected chi connectivity index (χ4v) is 4.11. The van der Waals surface area contributed by atoms with Crippen molar-refractivity contribution in [2.75, 3.05) is 32.1 Å². The fraction of sp³-hybridized carbons (Fsp3) is 0.375. The maximum Gasteiger partial charge on any atom is 0.272 e. The zero-order valence-corrected chi connectivity index (χ0v) is 18.2. The number of aliphatic imine (C=N–C) groups is 1. The van der Waals surface area contributed by atoms with Gasteiger partial charge >= 0.3 is 0 Å². The summed E-state index contributed by atoms with van der Waals surface area (Å²) in [4.78, 5) is 32.0. The Bertz CT molecular complexity index is 1040. The van der Waals surface area contributed by atoms with E-state index in [2.05, 4.69) is 22.5 Å². The van der Waals surface area contributed by atoms with Gasteiger partial charge in [0.25, 0.3) is 5.91 Å². The molecule has 4 rings (SSSR count). The van der Waals surface area contributed by atoms with Crippen LogP contribution in [0, 0.1) is 13.8 Å². The van der Waals surface area contributed by atoms with Crippen LogP contribution in [0.25, 0.3) is 0 Å². The Balaban J connectivity index is 1.38. The maximum atomic E-state index is 12.6. The standard InChI is InChI=1S/C24H28N4O3/c1-16-8-9-18(14-17(16)2)22-23(30)27-24(26-22)10-12-28(13-11-24)15-21(29)25-19-6-4-5-7-20(19)31-3/h4-9,14H,10-13,15H2,1-3H3,(H,25,29)(H,27,30). The van der Waals surface area contributed by atoms with Gasteiger partial charge in [-0.05, 0) is 43.2 Å². The van der Waals surface area contributed by atoms with Crippen LogP contribution in [0.15, 0.2) is 47.5 Å². The number of rotatable bonds is 5. The number of nitrogens with one attached hydrogen (secondary N) is 2. The predicted molar refractivity (Wildman–Crippen MR) is 121 cm³/mol. The van der Waals surface area contributed by atoms with Crippen LogP contribution < -0.4 is 15.4 Å². The number of ether oxygens (including phenoxy) is 1. The first kappa shape index (κ1) is 21.1. The number of amides is 2. The molecule has 7 nitrogen and oxygen atoms in total. The smallest absolute Gasteiger partial charge is 0.272 e. The molecule has 0 aliphatic carbocycles. The molecular formula is C24H28N4O3. The van der Waals surface area contributed by atoms with E-state index in [1.54, 1.807) is 7.11 Å². The quantitative estimate of drug-likeness (QED) is 0.779. The summed E-state index contributed by atoms with van der Waals surface area (Å²) in [5.41, 5.74) is 3.79. The van der Waals surface area contributed by atoms with Crippen LogP contribution in [-0.4, -0.2) is 54.8 Å². The molecule has 31 heavy (non-hydrogen) atoms. The third-order valence-electron chi connectivity index (χ3n) is 6.10. The highest BCUT2D eigenvalue weighted by Crippen LogP contribution is 2.29. The highest BCUT2D eigenvalue weighted by atomic mass is 16.5. The molecule has 2 aromatic carbocycles. The van der Waals surface area contributed by atoms with E-state index >= 15 is 0 Å². The van der Waals surface area contributed by atoms with E-state index in [1.807, 2.05) is 49.4 Å². The van der Waals surface area contributed by atoms with Gasteiger partial charge in [-0.25, -0.2) is 0 Å². The number of aryl methyl sites for hydroxylation is 2. The number of methoxy groups -OCH3 is 1. The van der Waals surface area contributed by atoms with Crippen molar-refractivity contribution in [3.05, 3.63) is 59.2 Å². The summed E-state index contributed by atoms with van der Waals surface area (Å²) in [6.45, 7) is 5.75. The van der Waals surface area contributed by atoms with Crippen LogP contribution in [0.3, 0.4) is 0 Å². The van der Waals surface area contributed by atoms with Crippen LogP contribution in [0.5, 0.6) is 5.75 Å². The first-order valence-corrected chi connectivity index (χ1v) is 10.5. The fourth-order valence-electron chi connectivity index (χ4n) is 4.11. The Morgan fingerprint density at radius 1 is 1.16 bits per heavy atom. The minimum atomic E-state index is -0.569. The molecule has 2 aromatic rings. The van der Waals surface area contributed by atoms with Crippen molar-refractivity contribution in [1.82, 2.24) is 10.2 Å². The summed E-state index contributed by atoms with van der Waals surface area (Å²) in [7, 11) is 1.58. The third-order valence-corrected chi connectivity index (χ3v) is 6.10. The Labute approximate surface area is 182 Å². The van der Waals surface area contributed by atoms with Gasteiger partial charge in [0.2, 0.25) is 5.91 Å². The van der Waals surface area contributed by atoms with E-state index in [-0.39, 0.29) is 18.4 Å². The molecule has 1 saturated heterocycles. The monoisotopic (exact) mass is 420 g/mol. The lowest BCUT2D eigenvalue weighted by atomic mass is 9.98. The van der Waals surface area contributed by atoms with Gasteiger partial charge in [0.1, 0.15) is 17.1 Å². The number of piperidine rings is 1. The highest BCUT2D eigenvalue weighted by Gasteiger charge is 2.42. The topological polar surface area (TPSA) is 83.0 Å². The summed E-state index contributed by atoms with van der Waals surface area (Å²) >= 11 is 0. The van der Waals surface area contributed by atoms with Crippen molar-refractivity contribution in [1.29, 1.82) is 0 Å². The number of benzene rings is 2. The molecule has 0 saturated carbocycles. The number of hydrogen-bond donors (Lipinski definition) is 2. The van der Waals surface area contributed by atoms with E-state index in [9.17, 15) is 9.59 Å². The summed E-state index contributed by atoms with van der Waals surface area (Å²) in [5, 5.41) is 6.01. The van der Waals surface area contributed by atoms with Gasteiger partial charge in [-0.1, -0.05) is 24.3 Å². The molecule has 1 spiro atoms. The molecule has 162 valence electrons. The Hall–Kier alpha value is -3.19. The lowest BCUT2D eigenvalue weighted by Gasteiger charge is -2.36. The molecule has 2 aliphatic heterocycles. The average molecular weight is 421 g/mol. The highest BCUT2D eigenvalue weighted by molar-refractivity contribution is 6.46. The Kier molecular flexibility index (Phi) is 5.78. The molecule has 2 amide bonds. The van der Waals surface area contributed by atoms with Crippen molar-refractivity contribution >= 4 is 23.2 Å². The number of para-hydroxylation sites is 2. The molecule has 0 atom stereocenters. The lowest BCUT2D eigenvalue weighted by molar-refractivity contribution is -0.119. The number of likely N-dealkylation sites (tertiary alicyclic amines) is 1. The number of nitrogens with zero attached hydrogens (tertiary/aromatic N) is 2. The molecular weight excluding hydrogens is 392 g/mol. The van der Waals surface area contributed by atoms with Crippen molar-refractivity contribution in [2.45, 2.75) is 32.4 Å². The summed E-state index contributed by atoms with van der Waals surface area (Å²) in [5.74, 6) is 0.427. The van der Waals surface area contributed by atoms with Gasteiger partial charge in [-0.2, -0.15) is 0 Å². The lowest BCUT2D eigenvalue weighted by Crippen LogP contribution is -2.52. The van der Waals surface area contributed by atoms with Gasteiger partial charge in [-0.3, -0.25) is 19.5 Å². The minimum Gasteiger partial charge on any atom is -0.495 e. The number of anilines is 1. The van der Waals surface area contributed by atoms with Crippen molar-refractivity contribution in [3.63, 3.8) is 0 Å². The molecule has 0 unspecified atom stereocenters. The van der Waals surface area contributed by atoms with Gasteiger partial charge in [0, 0.05) is 31.5 Å². The van der Waals surface area contributed by atoms with Crippen LogP contribution in [-0.2, 0) is 9.59 Å². The van der Waals surface area contributed by atoms with Crippen molar-refractivity contribution < 1.29 is 14.3 Å². The second kappa shape index (κ2) is 8.51. The summed E-state index contributed by atoms with van der Waals surface area (Å²) < 4.78 is 5.29. The largest absolute Gasteiger partial charge is 0.495 e. The minimum absolute atomic E-state index is 0.0878. The zero-order chi connectivity index (χ0) is 22.0. The van der Waals surface area contributed by atoms with Crippen molar-refractivity contribution in [2.24, 2.45) is 4.99 Å². The molecule has 2 aliphatic rings. The zero-order valence-electron chi connectivity index (χ0n) is 18.2. The summed E-state index contributed by atoms with van der Waals surface area (Å²) in [6, 6.07) is 13.3. The summed E-state index contributed by atoms with van der Waals surface area (Å²) in [6.07, 6.45) is 1.35. The van der Waals surface area contributed by atoms with Crippen LogP contribution in [0.4, 0.5) is 5.69 Å². The molecule has 2 N–H and O–H groups in total. The SMILES string of the molecule is COc1ccccc1NC(=O)CN1CCC2(CC1)N=C(c1ccc(C)c(C)c1)C(=O)N2. The number of hydrogen-bond acceptors (Lipinski definition) is 5. The van der Waals surface area contributed by atoms with Crippen LogP contribution in [0.1, 0.15) is 29.5 Å². The van der Waals surface area contributed by atoms with Gasteiger partial charge in [0.05, 0.1) is 19.3 Å². The van der Waals surface area contributed by atoms with Crippen LogP contribution in [0.2, 0.25) is 0 Å². The Morgan fingerprint density at radius 2 is 1.90 bits per heavy atom. The van der Waals surface area contributed by atoms with Gasteiger partial charge in [0.15, 0.2) is 0 Å². The second-order valence-corrected chi connectivity index (χ2v) is 8.27. The van der Waals surface area contributed by atoms with E-state index in [0.717, 1.165) is 11.1 Å². The number of carbonyl (C=O) groups excluding carboxylic acids is 2. The second-order valence-electron chi connectivity index (χ2n) is 8.27. The van der Waals surface area contributed by atoms with Gasteiger partial charge < -0.3 is 15.4 Å². The predicted octanol–water partition coefficient (Wildman–Crippen LogP) is 2.66. The molecule has 0 radical (unpaired) electrons. The van der Waals surface area contributed by atoms with Gasteiger partial charge in [-0.15, -0.1) is 0 Å². The first-order chi connectivity index (χ1) is 14.9. The molecule has 2 heterocycles.